The fraction of sp³-hybridized carbons (Fsp3) is 0.667. The van der Waals surface area contributed by atoms with Crippen molar-refractivity contribution in [1.82, 2.24) is 15.5 Å². The van der Waals surface area contributed by atoms with Crippen LogP contribution in [-0.4, -0.2) is 63.3 Å². The summed E-state index contributed by atoms with van der Waals surface area (Å²) in [5.41, 5.74) is 1.70. The Balaban J connectivity index is 1.49. The van der Waals surface area contributed by atoms with Crippen LogP contribution in [0.3, 0.4) is 0 Å². The third-order valence-electron chi connectivity index (χ3n) is 5.42. The van der Waals surface area contributed by atoms with Crippen molar-refractivity contribution in [1.29, 1.82) is 0 Å². The Labute approximate surface area is 158 Å². The van der Waals surface area contributed by atoms with E-state index in [1.165, 1.54) is 18.4 Å². The summed E-state index contributed by atoms with van der Waals surface area (Å²) in [6.45, 7) is 12.1. The van der Waals surface area contributed by atoms with Gasteiger partial charge in [-0.25, -0.2) is 0 Å². The van der Waals surface area contributed by atoms with Crippen LogP contribution >= 0.6 is 0 Å². The third kappa shape index (κ3) is 5.45. The van der Waals surface area contributed by atoms with Crippen LogP contribution in [0, 0.1) is 5.92 Å². The van der Waals surface area contributed by atoms with Gasteiger partial charge in [-0.2, -0.15) is 0 Å². The number of benzene rings is 1. The predicted octanol–water partition coefficient (Wildman–Crippen LogP) is 2.24. The summed E-state index contributed by atoms with van der Waals surface area (Å²) in [4.78, 5) is 7.40. The van der Waals surface area contributed by atoms with Gasteiger partial charge in [0, 0.05) is 38.1 Å². The van der Waals surface area contributed by atoms with Gasteiger partial charge in [0.15, 0.2) is 5.96 Å². The smallest absolute Gasteiger partial charge is 0.191 e. The van der Waals surface area contributed by atoms with Gasteiger partial charge in [-0.1, -0.05) is 37.3 Å². The molecule has 1 saturated carbocycles. The highest BCUT2D eigenvalue weighted by Gasteiger charge is 2.43. The molecule has 0 radical (unpaired) electrons. The molecule has 0 aromatic heterocycles. The topological polar surface area (TPSA) is 48.9 Å². The summed E-state index contributed by atoms with van der Waals surface area (Å²) < 4.78 is 5.43. The lowest BCUT2D eigenvalue weighted by Gasteiger charge is -2.29. The molecule has 5 heteroatoms. The fourth-order valence-corrected chi connectivity index (χ4v) is 3.61. The minimum absolute atomic E-state index is 0.267. The molecule has 1 aromatic carbocycles. The number of hydrogen-bond donors (Lipinski definition) is 2. The number of aliphatic imine (C=N–C) groups is 1. The molecule has 1 heterocycles. The van der Waals surface area contributed by atoms with Crippen LogP contribution in [0.1, 0.15) is 32.3 Å². The molecule has 1 atom stereocenters. The van der Waals surface area contributed by atoms with Gasteiger partial charge in [0.25, 0.3) is 0 Å². The number of morpholine rings is 1. The summed E-state index contributed by atoms with van der Waals surface area (Å²) in [5, 5.41) is 6.94. The van der Waals surface area contributed by atoms with Crippen molar-refractivity contribution >= 4 is 5.96 Å². The van der Waals surface area contributed by atoms with Crippen molar-refractivity contribution in [2.75, 3.05) is 52.5 Å². The van der Waals surface area contributed by atoms with Crippen molar-refractivity contribution in [3.63, 3.8) is 0 Å². The molecule has 1 saturated heterocycles. The minimum atomic E-state index is 0.267. The van der Waals surface area contributed by atoms with Crippen LogP contribution in [0.2, 0.25) is 0 Å². The second-order valence-corrected chi connectivity index (χ2v) is 7.74. The summed E-state index contributed by atoms with van der Waals surface area (Å²) >= 11 is 0. The van der Waals surface area contributed by atoms with Crippen molar-refractivity contribution in [2.24, 2.45) is 10.9 Å². The average Bonchev–Trinajstić information content (AvgIpc) is 3.47. The zero-order valence-corrected chi connectivity index (χ0v) is 16.3. The van der Waals surface area contributed by atoms with Crippen molar-refractivity contribution in [2.45, 2.75) is 32.1 Å². The maximum atomic E-state index is 5.43. The molecular formula is C21H34N4O. The Kier molecular flexibility index (Phi) is 6.92. The largest absolute Gasteiger partial charge is 0.379 e. The molecule has 1 aromatic rings. The first kappa shape index (κ1) is 19.2. The maximum Gasteiger partial charge on any atom is 0.191 e. The van der Waals surface area contributed by atoms with E-state index in [2.05, 4.69) is 59.7 Å². The highest BCUT2D eigenvalue weighted by molar-refractivity contribution is 5.79. The van der Waals surface area contributed by atoms with Crippen molar-refractivity contribution in [3.8, 4) is 0 Å². The van der Waals surface area contributed by atoms with Gasteiger partial charge in [0.1, 0.15) is 0 Å². The lowest BCUT2D eigenvalue weighted by Crippen LogP contribution is -2.44. The average molecular weight is 359 g/mol. The SMILES string of the molecule is CCNC(=NCC1(c2ccccc2)CC1)NCC(C)CN1CCOCC1. The lowest BCUT2D eigenvalue weighted by atomic mass is 9.96. The fourth-order valence-electron chi connectivity index (χ4n) is 3.61. The van der Waals surface area contributed by atoms with Gasteiger partial charge in [-0.3, -0.25) is 9.89 Å². The third-order valence-corrected chi connectivity index (χ3v) is 5.42. The van der Waals surface area contributed by atoms with E-state index in [0.29, 0.717) is 5.92 Å². The summed E-state index contributed by atoms with van der Waals surface area (Å²) in [6.07, 6.45) is 2.49. The number of guanidine groups is 1. The van der Waals surface area contributed by atoms with E-state index in [-0.39, 0.29) is 5.41 Å². The van der Waals surface area contributed by atoms with Crippen molar-refractivity contribution in [3.05, 3.63) is 35.9 Å². The van der Waals surface area contributed by atoms with E-state index < -0.39 is 0 Å². The molecule has 0 spiro atoms. The van der Waals surface area contributed by atoms with Gasteiger partial charge in [0.05, 0.1) is 19.8 Å². The van der Waals surface area contributed by atoms with Crippen molar-refractivity contribution < 1.29 is 4.74 Å². The number of hydrogen-bond acceptors (Lipinski definition) is 3. The highest BCUT2D eigenvalue weighted by atomic mass is 16.5. The molecular weight excluding hydrogens is 324 g/mol. The molecule has 1 aliphatic carbocycles. The Morgan fingerprint density at radius 1 is 1.19 bits per heavy atom. The van der Waals surface area contributed by atoms with E-state index in [4.69, 9.17) is 9.73 Å². The van der Waals surface area contributed by atoms with Gasteiger partial charge in [-0.05, 0) is 31.2 Å². The quantitative estimate of drug-likeness (QED) is 0.553. The Morgan fingerprint density at radius 2 is 1.92 bits per heavy atom. The number of ether oxygens (including phenoxy) is 1. The lowest BCUT2D eigenvalue weighted by molar-refractivity contribution is 0.0320. The monoisotopic (exact) mass is 358 g/mol. The molecule has 144 valence electrons. The normalized spacial score (nSPS) is 21.2. The molecule has 26 heavy (non-hydrogen) atoms. The first-order chi connectivity index (χ1) is 12.7. The Morgan fingerprint density at radius 3 is 2.58 bits per heavy atom. The molecule has 5 nitrogen and oxygen atoms in total. The summed E-state index contributed by atoms with van der Waals surface area (Å²) in [6, 6.07) is 10.8. The van der Waals surface area contributed by atoms with E-state index >= 15 is 0 Å². The maximum absolute atomic E-state index is 5.43. The van der Waals surface area contributed by atoms with Crippen LogP contribution in [0.5, 0.6) is 0 Å². The van der Waals surface area contributed by atoms with Crippen LogP contribution in [0.15, 0.2) is 35.3 Å². The first-order valence-corrected chi connectivity index (χ1v) is 10.1. The molecule has 1 unspecified atom stereocenters. The molecule has 3 rings (SSSR count). The number of nitrogens with zero attached hydrogens (tertiary/aromatic N) is 2. The summed E-state index contributed by atoms with van der Waals surface area (Å²) in [5.74, 6) is 1.53. The number of rotatable bonds is 8. The second kappa shape index (κ2) is 9.38. The molecule has 2 N–H and O–H groups in total. The summed E-state index contributed by atoms with van der Waals surface area (Å²) in [7, 11) is 0. The minimum Gasteiger partial charge on any atom is -0.379 e. The number of nitrogens with one attached hydrogen (secondary N) is 2. The molecule has 0 amide bonds. The van der Waals surface area contributed by atoms with Gasteiger partial charge in [-0.15, -0.1) is 0 Å². The van der Waals surface area contributed by atoms with Gasteiger partial charge in [0.2, 0.25) is 0 Å². The van der Waals surface area contributed by atoms with Crippen LogP contribution < -0.4 is 10.6 Å². The molecule has 2 fully saturated rings. The molecule has 0 bridgehead atoms. The highest BCUT2D eigenvalue weighted by Crippen LogP contribution is 2.48. The van der Waals surface area contributed by atoms with Crippen LogP contribution in [-0.2, 0) is 10.2 Å². The molecule has 2 aliphatic rings. The van der Waals surface area contributed by atoms with E-state index in [1.54, 1.807) is 0 Å². The first-order valence-electron chi connectivity index (χ1n) is 10.1. The molecule has 1 aliphatic heterocycles. The van der Waals surface area contributed by atoms with E-state index in [9.17, 15) is 0 Å². The zero-order chi connectivity index (χ0) is 18.2. The second-order valence-electron chi connectivity index (χ2n) is 7.74. The Bertz CT molecular complexity index is 565. The van der Waals surface area contributed by atoms with Crippen LogP contribution in [0.4, 0.5) is 0 Å². The standard InChI is InChI=1S/C21H34N4O/c1-3-22-20(23-15-18(2)16-25-11-13-26-14-12-25)24-17-21(9-10-21)19-7-5-4-6-8-19/h4-8,18H,3,9-17H2,1-2H3,(H2,22,23,24). The van der Waals surface area contributed by atoms with Gasteiger partial charge >= 0.3 is 0 Å². The van der Waals surface area contributed by atoms with E-state index in [0.717, 1.165) is 58.4 Å². The zero-order valence-electron chi connectivity index (χ0n) is 16.3. The Hall–Kier alpha value is -1.59. The van der Waals surface area contributed by atoms with Gasteiger partial charge < -0.3 is 15.4 Å². The van der Waals surface area contributed by atoms with E-state index in [1.807, 2.05) is 0 Å². The van der Waals surface area contributed by atoms with Crippen LogP contribution in [0.25, 0.3) is 0 Å². The predicted molar refractivity (Wildman–Crippen MR) is 108 cm³/mol.